The van der Waals surface area contributed by atoms with Crippen LogP contribution >= 0.6 is 73.3 Å². The Morgan fingerprint density at radius 2 is 0.705 bits per heavy atom. The molecule has 0 atom stereocenters. The van der Waals surface area contributed by atoms with Crippen LogP contribution in [-0.4, -0.2) is 99.0 Å². The molecule has 61 heavy (non-hydrogen) atoms. The van der Waals surface area contributed by atoms with Gasteiger partial charge in [-0.25, -0.2) is 0 Å². The third-order valence-corrected chi connectivity index (χ3v) is 4.66. The van der Waals surface area contributed by atoms with Gasteiger partial charge in [-0.15, -0.1) is 0 Å². The van der Waals surface area contributed by atoms with Crippen molar-refractivity contribution >= 4 is 129 Å². The van der Waals surface area contributed by atoms with Gasteiger partial charge in [0, 0.05) is 85.0 Å². The predicted molar refractivity (Wildman–Crippen MR) is 264 cm³/mol. The number of nitrogens with zero attached hydrogens (tertiary/aromatic N) is 10. The Morgan fingerprint density at radius 1 is 0.541 bits per heavy atom. The van der Waals surface area contributed by atoms with Gasteiger partial charge in [0.25, 0.3) is 0 Å². The summed E-state index contributed by atoms with van der Waals surface area (Å²) in [6.07, 6.45) is 19.9. The van der Waals surface area contributed by atoms with Crippen LogP contribution in [0, 0.1) is 0 Å². The van der Waals surface area contributed by atoms with Crippen molar-refractivity contribution in [2.24, 2.45) is 43.3 Å². The average molecular weight is 985 g/mol. The SMILES string of the molecule is CCO.CCO.NC(=S)N/N=C/c1cccnc1.NC(=S)N/N=C/c1cccnc1.NC(=S)N/N=C/c1cccnc1.NC(=S)N/N=C/c1cccnc1.[Fe+2].[N-]=C=S.[N-]=C=S. The predicted octanol–water partition coefficient (Wildman–Crippen LogP) is 2.31. The van der Waals surface area contributed by atoms with Gasteiger partial charge in [-0.05, 0) is 87.0 Å². The Kier molecular flexibility index (Phi) is 54.9. The Morgan fingerprint density at radius 3 is 0.820 bits per heavy atom. The minimum Gasteiger partial charge on any atom is -0.753 e. The third-order valence-electron chi connectivity index (χ3n) is 4.29. The van der Waals surface area contributed by atoms with Crippen LogP contribution in [0.1, 0.15) is 36.1 Å². The second-order valence-electron chi connectivity index (χ2n) is 8.90. The quantitative estimate of drug-likeness (QED) is 0.0524. The van der Waals surface area contributed by atoms with Gasteiger partial charge in [0.05, 0.1) is 24.9 Å². The number of pyridine rings is 4. The molecule has 0 saturated heterocycles. The summed E-state index contributed by atoms with van der Waals surface area (Å²) in [5.74, 6) is 0. The van der Waals surface area contributed by atoms with Crippen LogP contribution in [0.3, 0.4) is 0 Å². The summed E-state index contributed by atoms with van der Waals surface area (Å²) in [6.45, 7) is 3.86. The maximum atomic E-state index is 7.57. The van der Waals surface area contributed by atoms with Crippen LogP contribution in [0.4, 0.5) is 0 Å². The molecule has 0 aromatic carbocycles. The molecule has 4 rings (SSSR count). The zero-order chi connectivity index (χ0) is 46.1. The molecule has 0 aliphatic carbocycles. The standard InChI is InChI=1S/4C7H8N4S.2C2H6O.2CNS.Fe/c4*8-7(12)11-10-5-6-2-1-3-9-4-6;2*1-2-3;2*2-1-3;/h4*1-5H,(H3,8,11,12);2*3H,2H2,1H3;;;/q;;;;;;2*-1;+2/b4*10-5+;;;;;. The van der Waals surface area contributed by atoms with Crippen LogP contribution in [0.15, 0.2) is 119 Å². The minimum atomic E-state index is 0. The molecule has 4 aromatic heterocycles. The molecule has 0 saturated carbocycles. The summed E-state index contributed by atoms with van der Waals surface area (Å²) in [6, 6.07) is 14.8. The van der Waals surface area contributed by atoms with E-state index in [9.17, 15) is 0 Å². The van der Waals surface area contributed by atoms with Gasteiger partial charge in [0.2, 0.25) is 0 Å². The number of hydrogen-bond acceptors (Lipinski definition) is 16. The number of nitrogens with two attached hydrogens (primary N) is 4. The minimum absolute atomic E-state index is 0. The zero-order valence-electron chi connectivity index (χ0n) is 32.4. The summed E-state index contributed by atoms with van der Waals surface area (Å²) in [4.78, 5) is 15.6. The van der Waals surface area contributed by atoms with Crippen molar-refractivity contribution in [2.45, 2.75) is 13.8 Å². The molecule has 20 nitrogen and oxygen atoms in total. The van der Waals surface area contributed by atoms with Crippen molar-refractivity contribution in [3.05, 3.63) is 131 Å². The smallest absolute Gasteiger partial charge is 0.753 e. The van der Waals surface area contributed by atoms with Crippen molar-refractivity contribution in [1.82, 2.24) is 41.6 Å². The summed E-state index contributed by atoms with van der Waals surface area (Å²) >= 11 is 25.6. The molecule has 0 radical (unpaired) electrons. The molecule has 4 heterocycles. The largest absolute Gasteiger partial charge is 2.00 e. The first-order chi connectivity index (χ1) is 28.8. The molecule has 0 bridgehead atoms. The molecule has 0 fully saturated rings. The van der Waals surface area contributed by atoms with Crippen LogP contribution in [0.5, 0.6) is 0 Å². The van der Waals surface area contributed by atoms with E-state index in [1.807, 2.05) is 48.5 Å². The Labute approximate surface area is 396 Å². The van der Waals surface area contributed by atoms with Crippen molar-refractivity contribution in [2.75, 3.05) is 13.2 Å². The second-order valence-corrected chi connectivity index (χ2v) is 11.0. The van der Waals surface area contributed by atoms with Crippen LogP contribution in [0.2, 0.25) is 0 Å². The van der Waals surface area contributed by atoms with E-state index in [0.717, 1.165) is 22.3 Å². The number of rotatable bonds is 8. The molecule has 0 aliphatic rings. The molecule has 0 unspecified atom stereocenters. The molecule has 0 aliphatic heterocycles. The number of nitrogens with one attached hydrogen (secondary N) is 4. The molecular formula is C34H44FeN18O2S6. The molecule has 27 heteroatoms. The molecule has 0 spiro atoms. The molecule has 14 N–H and O–H groups in total. The van der Waals surface area contributed by atoms with E-state index in [-0.39, 0.29) is 50.7 Å². The Hall–Kier alpha value is -5.92. The van der Waals surface area contributed by atoms with Crippen molar-refractivity contribution < 1.29 is 27.3 Å². The van der Waals surface area contributed by atoms with Gasteiger partial charge in [-0.2, -0.15) is 30.7 Å². The summed E-state index contributed by atoms with van der Waals surface area (Å²) in [5.41, 5.74) is 33.9. The first-order valence-corrected chi connectivity index (χ1v) is 18.4. The first-order valence-electron chi connectivity index (χ1n) is 16.0. The zero-order valence-corrected chi connectivity index (χ0v) is 38.4. The monoisotopic (exact) mass is 984 g/mol. The topological polar surface area (TPSA) is 338 Å². The summed E-state index contributed by atoms with van der Waals surface area (Å²) in [5, 5.41) is 47.7. The number of thiocarbonyl (C=S) groups is 6. The fourth-order valence-corrected chi connectivity index (χ4v) is 2.70. The Bertz CT molecular complexity index is 1610. The first kappa shape index (κ1) is 64.2. The van der Waals surface area contributed by atoms with E-state index in [4.69, 9.17) is 44.0 Å². The maximum Gasteiger partial charge on any atom is 2.00 e. The van der Waals surface area contributed by atoms with Crippen molar-refractivity contribution in [3.8, 4) is 0 Å². The van der Waals surface area contributed by atoms with E-state index in [1.165, 1.54) is 10.3 Å². The van der Waals surface area contributed by atoms with E-state index < -0.39 is 0 Å². The number of aliphatic hydroxyl groups excluding tert-OH is 2. The normalized spacial score (nSPS) is 8.72. The molecule has 326 valence electrons. The van der Waals surface area contributed by atoms with E-state index in [0.29, 0.717) is 0 Å². The number of hydrazone groups is 4. The fourth-order valence-electron chi connectivity index (χ4n) is 2.49. The van der Waals surface area contributed by atoms with Gasteiger partial charge >= 0.3 is 17.1 Å². The van der Waals surface area contributed by atoms with Gasteiger partial charge in [0.1, 0.15) is 0 Å². The Balaban J connectivity index is -0.000000209. The number of aromatic nitrogens is 4. The van der Waals surface area contributed by atoms with Crippen LogP contribution < -0.4 is 44.6 Å². The van der Waals surface area contributed by atoms with E-state index in [1.54, 1.807) is 88.3 Å². The van der Waals surface area contributed by atoms with Crippen molar-refractivity contribution in [3.63, 3.8) is 0 Å². The van der Waals surface area contributed by atoms with E-state index in [2.05, 4.69) is 135 Å². The number of aliphatic hydroxyl groups is 2. The second kappa shape index (κ2) is 52.1. The van der Waals surface area contributed by atoms with Gasteiger partial charge < -0.3 is 44.0 Å². The molecule has 0 amide bonds. The van der Waals surface area contributed by atoms with E-state index >= 15 is 0 Å². The fraction of sp³-hybridized carbons (Fsp3) is 0.118. The average Bonchev–Trinajstić information content (AvgIpc) is 3.21. The van der Waals surface area contributed by atoms with Crippen molar-refractivity contribution in [1.29, 1.82) is 0 Å². The van der Waals surface area contributed by atoms with Gasteiger partial charge in [-0.1, -0.05) is 48.7 Å². The van der Waals surface area contributed by atoms with Crippen LogP contribution in [0.25, 0.3) is 10.8 Å². The molecular weight excluding hydrogens is 941 g/mol. The molecule has 4 aromatic rings. The van der Waals surface area contributed by atoms with Gasteiger partial charge in [0.15, 0.2) is 20.4 Å². The summed E-state index contributed by atoms with van der Waals surface area (Å²) < 4.78 is 0. The number of hydrogen-bond donors (Lipinski definition) is 10. The van der Waals surface area contributed by atoms with Gasteiger partial charge in [-0.3, -0.25) is 41.6 Å². The van der Waals surface area contributed by atoms with Crippen LogP contribution in [-0.2, 0) is 17.1 Å². The maximum absolute atomic E-state index is 7.57. The summed E-state index contributed by atoms with van der Waals surface area (Å²) in [7, 11) is 0. The number of isothiocyanates is 2. The third kappa shape index (κ3) is 58.5.